The first-order chi connectivity index (χ1) is 21.5. The van der Waals surface area contributed by atoms with Crippen molar-refractivity contribution >= 4 is 36.2 Å². The molecule has 0 aromatic rings. The molecule has 4 aliphatic rings. The average molecular weight is 689 g/mol. The summed E-state index contributed by atoms with van der Waals surface area (Å²) in [7, 11) is -3.93. The number of unbranched alkanes of at least 4 members (excludes halogenated alkanes) is 7. The highest BCUT2D eigenvalue weighted by Gasteiger charge is 2.75. The largest absolute Gasteiger partial charge is 0.461 e. The SMILES string of the molecule is CCC(=O)O[C@@H]1[C@H](C)C[C@H]2[C@@H]3C[C@H](F)C4=CC(=O)C=C(C(=O)SCCCCCCCCCCP(=O)(O)O)[C@@]4(C)[C@@]3(F)[C@@H](O)C[C@]12C. The highest BCUT2D eigenvalue weighted by atomic mass is 32.2. The van der Waals surface area contributed by atoms with Gasteiger partial charge in [0.1, 0.15) is 12.3 Å². The monoisotopic (exact) mass is 688 g/mol. The number of allylic oxidation sites excluding steroid dienone is 3. The summed E-state index contributed by atoms with van der Waals surface area (Å²) in [6.07, 6.45) is 5.49. The lowest BCUT2D eigenvalue weighted by atomic mass is 9.44. The van der Waals surface area contributed by atoms with Crippen molar-refractivity contribution in [2.45, 2.75) is 129 Å². The third-order valence-corrected chi connectivity index (χ3v) is 13.3. The van der Waals surface area contributed by atoms with E-state index in [1.54, 1.807) is 6.92 Å². The lowest BCUT2D eigenvalue weighted by molar-refractivity contribution is -0.214. The number of halogens is 2. The number of esters is 1. The molecule has 0 aromatic carbocycles. The Morgan fingerprint density at radius 2 is 1.63 bits per heavy atom. The summed E-state index contributed by atoms with van der Waals surface area (Å²) in [5, 5.41) is 11.2. The summed E-state index contributed by atoms with van der Waals surface area (Å²) in [5.41, 5.74) is -5.16. The fourth-order valence-electron chi connectivity index (χ4n) is 9.11. The van der Waals surface area contributed by atoms with Crippen LogP contribution in [-0.4, -0.2) is 67.7 Å². The van der Waals surface area contributed by atoms with Crippen LogP contribution in [0.15, 0.2) is 23.3 Å². The minimum atomic E-state index is -3.93. The van der Waals surface area contributed by atoms with Gasteiger partial charge in [0.05, 0.1) is 11.5 Å². The molecular weight excluding hydrogens is 637 g/mol. The lowest BCUT2D eigenvalue weighted by Gasteiger charge is -2.63. The number of alkyl halides is 2. The Morgan fingerprint density at radius 3 is 2.24 bits per heavy atom. The molecule has 0 radical (unpaired) electrons. The van der Waals surface area contributed by atoms with Gasteiger partial charge >= 0.3 is 13.6 Å². The number of hydrogen-bond donors (Lipinski definition) is 3. The number of aliphatic hydroxyl groups is 1. The molecule has 3 fully saturated rings. The van der Waals surface area contributed by atoms with Crippen LogP contribution in [0.5, 0.6) is 0 Å². The van der Waals surface area contributed by atoms with Gasteiger partial charge in [0.15, 0.2) is 11.5 Å². The van der Waals surface area contributed by atoms with Crippen molar-refractivity contribution in [3.8, 4) is 0 Å². The molecule has 0 aliphatic heterocycles. The maximum absolute atomic E-state index is 18.0. The molecule has 0 amide bonds. The zero-order chi connectivity index (χ0) is 34.1. The Morgan fingerprint density at radius 1 is 1.02 bits per heavy atom. The Labute approximate surface area is 275 Å². The second-order valence-electron chi connectivity index (χ2n) is 14.4. The van der Waals surface area contributed by atoms with Crippen LogP contribution < -0.4 is 0 Å². The second-order valence-corrected chi connectivity index (χ2v) is 17.3. The van der Waals surface area contributed by atoms with Crippen molar-refractivity contribution < 1.29 is 47.4 Å². The topological polar surface area (TPSA) is 138 Å². The maximum Gasteiger partial charge on any atom is 0.325 e. The third kappa shape index (κ3) is 7.15. The molecule has 0 bridgehead atoms. The van der Waals surface area contributed by atoms with Gasteiger partial charge in [-0.3, -0.25) is 18.9 Å². The van der Waals surface area contributed by atoms with Gasteiger partial charge in [-0.25, -0.2) is 8.78 Å². The van der Waals surface area contributed by atoms with E-state index in [9.17, 15) is 24.1 Å². The van der Waals surface area contributed by atoms with Crippen LogP contribution >= 0.6 is 19.4 Å². The van der Waals surface area contributed by atoms with E-state index in [2.05, 4.69) is 0 Å². The first-order valence-corrected chi connectivity index (χ1v) is 19.7. The molecule has 4 rings (SSSR count). The van der Waals surface area contributed by atoms with Crippen molar-refractivity contribution in [3.05, 3.63) is 23.3 Å². The van der Waals surface area contributed by atoms with Crippen molar-refractivity contribution in [1.29, 1.82) is 0 Å². The van der Waals surface area contributed by atoms with E-state index in [1.807, 2.05) is 13.8 Å². The zero-order valence-electron chi connectivity index (χ0n) is 27.5. The van der Waals surface area contributed by atoms with Gasteiger partial charge in [-0.2, -0.15) is 0 Å². The van der Waals surface area contributed by atoms with E-state index in [-0.39, 0.29) is 48.5 Å². The van der Waals surface area contributed by atoms with E-state index in [1.165, 1.54) is 6.92 Å². The summed E-state index contributed by atoms with van der Waals surface area (Å²) in [6.45, 7) is 7.01. The van der Waals surface area contributed by atoms with Crippen LogP contribution in [0.25, 0.3) is 0 Å². The highest BCUT2D eigenvalue weighted by Crippen LogP contribution is 2.70. The van der Waals surface area contributed by atoms with Crippen molar-refractivity contribution in [2.24, 2.45) is 28.6 Å². The molecule has 3 saturated carbocycles. The summed E-state index contributed by atoms with van der Waals surface area (Å²) in [6, 6.07) is 0. The predicted molar refractivity (Wildman–Crippen MR) is 174 cm³/mol. The van der Waals surface area contributed by atoms with Gasteiger partial charge in [-0.05, 0) is 68.6 Å². The Hall–Kier alpha value is -1.39. The van der Waals surface area contributed by atoms with Gasteiger partial charge in [0, 0.05) is 35.2 Å². The zero-order valence-corrected chi connectivity index (χ0v) is 29.2. The maximum atomic E-state index is 18.0. The van der Waals surface area contributed by atoms with E-state index < -0.39 is 65.2 Å². The standard InChI is InChI=1S/C34H51F2O8PS/c1-5-29(39)44-30-21(2)16-23-24-19-27(35)25-17-22(37)18-26(33(25,4)34(24,36)28(38)20-32(23,30)3)31(40)46-15-13-11-9-7-6-8-10-12-14-45(41,42)43/h17-18,21,23-24,27-28,30,38H,5-16,19-20H2,1-4H3,(H2,41,42,43)/t21-,23+,24+,27+,28+,30-,32+,33+,34+/m1/s1. The van der Waals surface area contributed by atoms with Crippen molar-refractivity contribution in [1.82, 2.24) is 0 Å². The number of fused-ring (bicyclic) bond motifs is 5. The normalized spacial score (nSPS) is 37.1. The molecule has 0 unspecified atom stereocenters. The second kappa shape index (κ2) is 14.6. The van der Waals surface area contributed by atoms with Gasteiger partial charge in [-0.15, -0.1) is 0 Å². The Balaban J connectivity index is 1.43. The highest BCUT2D eigenvalue weighted by molar-refractivity contribution is 8.14. The van der Waals surface area contributed by atoms with E-state index >= 15 is 8.78 Å². The molecule has 12 heteroatoms. The van der Waals surface area contributed by atoms with Crippen LogP contribution in [0.3, 0.4) is 0 Å². The Kier molecular flexibility index (Phi) is 11.9. The van der Waals surface area contributed by atoms with E-state index in [0.29, 0.717) is 18.6 Å². The van der Waals surface area contributed by atoms with Crippen LogP contribution in [0.4, 0.5) is 8.78 Å². The molecule has 8 nitrogen and oxygen atoms in total. The minimum absolute atomic E-state index is 0.0112. The molecular formula is C34H51F2O8PS. The quantitative estimate of drug-likeness (QED) is 0.102. The predicted octanol–water partition coefficient (Wildman–Crippen LogP) is 6.80. The molecule has 0 saturated heterocycles. The number of thioether (sulfide) groups is 1. The fraction of sp³-hybridized carbons (Fsp3) is 0.794. The van der Waals surface area contributed by atoms with Crippen LogP contribution in [0.2, 0.25) is 0 Å². The summed E-state index contributed by atoms with van der Waals surface area (Å²) >= 11 is 0.997. The van der Waals surface area contributed by atoms with Crippen LogP contribution in [0, 0.1) is 28.6 Å². The smallest absolute Gasteiger partial charge is 0.325 e. The first kappa shape index (κ1) is 37.4. The van der Waals surface area contributed by atoms with Gasteiger partial charge in [0.2, 0.25) is 5.12 Å². The summed E-state index contributed by atoms with van der Waals surface area (Å²) in [4.78, 5) is 56.6. The minimum Gasteiger partial charge on any atom is -0.461 e. The number of carbonyl (C=O) groups is 3. The van der Waals surface area contributed by atoms with E-state index in [0.717, 1.165) is 68.9 Å². The third-order valence-electron chi connectivity index (χ3n) is 11.4. The van der Waals surface area contributed by atoms with Crippen LogP contribution in [0.1, 0.15) is 105 Å². The molecule has 46 heavy (non-hydrogen) atoms. The lowest BCUT2D eigenvalue weighted by Crippen LogP contribution is -2.69. The number of hydrogen-bond acceptors (Lipinski definition) is 7. The molecule has 0 heterocycles. The number of ether oxygens (including phenoxy) is 1. The molecule has 0 spiro atoms. The van der Waals surface area contributed by atoms with Gasteiger partial charge < -0.3 is 19.6 Å². The molecule has 3 N–H and O–H groups in total. The summed E-state index contributed by atoms with van der Waals surface area (Å²) < 4.78 is 50.9. The molecule has 4 aliphatic carbocycles. The van der Waals surface area contributed by atoms with Gasteiger partial charge in [-0.1, -0.05) is 71.1 Å². The number of ketones is 1. The van der Waals surface area contributed by atoms with Crippen molar-refractivity contribution in [2.75, 3.05) is 11.9 Å². The molecule has 0 aromatic heterocycles. The van der Waals surface area contributed by atoms with Crippen molar-refractivity contribution in [3.63, 3.8) is 0 Å². The first-order valence-electron chi connectivity index (χ1n) is 16.9. The average Bonchev–Trinajstić information content (AvgIpc) is 3.22. The molecule has 9 atom stereocenters. The summed E-state index contributed by atoms with van der Waals surface area (Å²) in [5.74, 6) is -1.93. The molecule has 260 valence electrons. The number of carbonyl (C=O) groups excluding carboxylic acids is 3. The van der Waals surface area contributed by atoms with E-state index in [4.69, 9.17) is 14.5 Å². The fourth-order valence-corrected chi connectivity index (χ4v) is 10.7. The Bertz CT molecular complexity index is 1280. The number of rotatable bonds is 14. The number of aliphatic hydroxyl groups excluding tert-OH is 1. The van der Waals surface area contributed by atoms with Gasteiger partial charge in [0.25, 0.3) is 0 Å². The van der Waals surface area contributed by atoms with Crippen LogP contribution in [-0.2, 0) is 23.7 Å².